The van der Waals surface area contributed by atoms with Gasteiger partial charge in [-0.1, -0.05) is 62.1 Å². The van der Waals surface area contributed by atoms with Crippen molar-refractivity contribution in [2.75, 3.05) is 5.73 Å². The van der Waals surface area contributed by atoms with Crippen LogP contribution in [0.25, 0.3) is 32.7 Å². The van der Waals surface area contributed by atoms with Crippen LogP contribution in [0.2, 0.25) is 19.6 Å². The minimum absolute atomic E-state index is 0.708. The molecule has 0 radical (unpaired) electrons. The summed E-state index contributed by atoms with van der Waals surface area (Å²) in [4.78, 5) is 0. The second-order valence-electron chi connectivity index (χ2n) is 6.93. The number of fused-ring (bicyclic) bond motifs is 5. The van der Waals surface area contributed by atoms with Crippen molar-refractivity contribution in [2.24, 2.45) is 0 Å². The van der Waals surface area contributed by atoms with E-state index < -0.39 is 8.07 Å². The molecule has 0 amide bonds. The van der Waals surface area contributed by atoms with Gasteiger partial charge in [0.15, 0.2) is 5.58 Å². The van der Waals surface area contributed by atoms with Gasteiger partial charge in [-0.15, -0.1) is 0 Å². The maximum absolute atomic E-state index is 6.26. The second-order valence-corrected chi connectivity index (χ2v) is 12.0. The van der Waals surface area contributed by atoms with Crippen molar-refractivity contribution in [1.29, 1.82) is 0 Å². The summed E-state index contributed by atoms with van der Waals surface area (Å²) in [5, 5.41) is 6.20. The number of hydrogen-bond donors (Lipinski definition) is 1. The number of nitrogen functional groups attached to an aromatic ring is 1. The summed E-state index contributed by atoms with van der Waals surface area (Å²) in [5.41, 5.74) is 8.68. The molecule has 1 heterocycles. The summed E-state index contributed by atoms with van der Waals surface area (Å²) in [7, 11) is -1.53. The van der Waals surface area contributed by atoms with E-state index in [0.717, 1.165) is 16.6 Å². The van der Waals surface area contributed by atoms with Crippen LogP contribution >= 0.6 is 0 Å². The van der Waals surface area contributed by atoms with E-state index in [1.807, 2.05) is 12.1 Å². The van der Waals surface area contributed by atoms with Crippen molar-refractivity contribution in [3.05, 3.63) is 48.5 Å². The van der Waals surface area contributed by atoms with Crippen molar-refractivity contribution in [3.63, 3.8) is 0 Å². The predicted molar refractivity (Wildman–Crippen MR) is 98.6 cm³/mol. The third-order valence-electron chi connectivity index (χ3n) is 4.33. The van der Waals surface area contributed by atoms with Crippen molar-refractivity contribution in [1.82, 2.24) is 0 Å². The molecule has 0 fully saturated rings. The molecule has 4 aromatic rings. The molecule has 0 spiro atoms. The highest BCUT2D eigenvalue weighted by atomic mass is 28.3. The molecule has 2 N–H and O–H groups in total. The number of benzene rings is 3. The lowest BCUT2D eigenvalue weighted by Crippen LogP contribution is -2.37. The minimum atomic E-state index is -1.53. The maximum Gasteiger partial charge on any atom is 0.158 e. The standard InChI is InChI=1S/C19H19NOSi/c1-22(2,3)16-11-12-7-4-5-8-13(12)17-14-9-6-10-15(20)18(14)21-19(16)17/h4-11H,20H2,1-3H3. The Bertz CT molecular complexity index is 1020. The Hall–Kier alpha value is -2.26. The zero-order valence-corrected chi connectivity index (χ0v) is 14.1. The number of anilines is 1. The van der Waals surface area contributed by atoms with E-state index in [-0.39, 0.29) is 0 Å². The van der Waals surface area contributed by atoms with E-state index in [0.29, 0.717) is 5.69 Å². The molecule has 0 bridgehead atoms. The summed E-state index contributed by atoms with van der Waals surface area (Å²) >= 11 is 0. The fraction of sp³-hybridized carbons (Fsp3) is 0.158. The first-order valence-corrected chi connectivity index (χ1v) is 11.1. The maximum atomic E-state index is 6.26. The van der Waals surface area contributed by atoms with E-state index in [1.165, 1.54) is 21.3 Å². The molecular formula is C19H19NOSi. The van der Waals surface area contributed by atoms with Crippen LogP contribution < -0.4 is 10.9 Å². The summed E-state index contributed by atoms with van der Waals surface area (Å²) in [6.45, 7) is 7.06. The first kappa shape index (κ1) is 13.4. The van der Waals surface area contributed by atoms with E-state index in [4.69, 9.17) is 10.2 Å². The smallest absolute Gasteiger partial charge is 0.158 e. The summed E-state index contributed by atoms with van der Waals surface area (Å²) in [6.07, 6.45) is 0. The topological polar surface area (TPSA) is 39.2 Å². The Labute approximate surface area is 130 Å². The van der Waals surface area contributed by atoms with Crippen LogP contribution in [0.15, 0.2) is 52.9 Å². The molecule has 2 nitrogen and oxygen atoms in total. The van der Waals surface area contributed by atoms with Crippen LogP contribution in [0.5, 0.6) is 0 Å². The summed E-state index contributed by atoms with van der Waals surface area (Å²) in [6, 6.07) is 16.9. The first-order chi connectivity index (χ1) is 10.5. The van der Waals surface area contributed by atoms with Crippen LogP contribution in [0.1, 0.15) is 0 Å². The van der Waals surface area contributed by atoms with Crippen molar-refractivity contribution in [2.45, 2.75) is 19.6 Å². The Morgan fingerprint density at radius 2 is 1.59 bits per heavy atom. The van der Waals surface area contributed by atoms with Gasteiger partial charge >= 0.3 is 0 Å². The van der Waals surface area contributed by atoms with E-state index in [9.17, 15) is 0 Å². The Balaban J connectivity index is 2.35. The van der Waals surface area contributed by atoms with Crippen molar-refractivity contribution >= 4 is 51.7 Å². The minimum Gasteiger partial charge on any atom is -0.454 e. The Kier molecular flexibility index (Phi) is 2.66. The van der Waals surface area contributed by atoms with Crippen molar-refractivity contribution in [3.8, 4) is 0 Å². The molecule has 0 aliphatic carbocycles. The molecule has 0 saturated carbocycles. The molecule has 0 saturated heterocycles. The highest BCUT2D eigenvalue weighted by molar-refractivity contribution is 6.90. The van der Waals surface area contributed by atoms with Crippen LogP contribution in [0.3, 0.4) is 0 Å². The second kappa shape index (κ2) is 4.37. The molecule has 0 aliphatic heterocycles. The fourth-order valence-electron chi connectivity index (χ4n) is 3.23. The first-order valence-electron chi connectivity index (χ1n) is 7.60. The van der Waals surface area contributed by atoms with Gasteiger partial charge in [0, 0.05) is 10.8 Å². The van der Waals surface area contributed by atoms with Crippen LogP contribution in [0, 0.1) is 0 Å². The molecule has 3 heteroatoms. The molecule has 0 aliphatic rings. The zero-order chi connectivity index (χ0) is 15.5. The largest absolute Gasteiger partial charge is 0.454 e. The highest BCUT2D eigenvalue weighted by Crippen LogP contribution is 2.36. The summed E-state index contributed by atoms with van der Waals surface area (Å²) in [5.74, 6) is 0. The molecule has 3 aromatic carbocycles. The van der Waals surface area contributed by atoms with Gasteiger partial charge in [0.1, 0.15) is 5.58 Å². The lowest BCUT2D eigenvalue weighted by Gasteiger charge is -2.18. The van der Waals surface area contributed by atoms with Gasteiger partial charge in [-0.2, -0.15) is 0 Å². The van der Waals surface area contributed by atoms with Crippen molar-refractivity contribution < 1.29 is 4.42 Å². The number of rotatable bonds is 1. The molecule has 110 valence electrons. The molecule has 0 atom stereocenters. The fourth-order valence-corrected chi connectivity index (χ4v) is 4.67. The number of nitrogens with two attached hydrogens (primary N) is 1. The molecular weight excluding hydrogens is 286 g/mol. The lowest BCUT2D eigenvalue weighted by molar-refractivity contribution is 0.673. The van der Waals surface area contributed by atoms with Gasteiger partial charge in [0.05, 0.1) is 13.8 Å². The quantitative estimate of drug-likeness (QED) is 0.402. The SMILES string of the molecule is C[Si](C)(C)c1cc2ccccc2c2c1oc1c(N)cccc12. The van der Waals surface area contributed by atoms with Crippen LogP contribution in [0.4, 0.5) is 5.69 Å². The molecule has 1 aromatic heterocycles. The number of furan rings is 1. The van der Waals surface area contributed by atoms with Gasteiger partial charge in [0.2, 0.25) is 0 Å². The Morgan fingerprint density at radius 1 is 0.864 bits per heavy atom. The number of para-hydroxylation sites is 1. The Morgan fingerprint density at radius 3 is 2.36 bits per heavy atom. The lowest BCUT2D eigenvalue weighted by atomic mass is 10.0. The van der Waals surface area contributed by atoms with E-state index in [2.05, 4.69) is 56.0 Å². The number of hydrogen-bond acceptors (Lipinski definition) is 2. The third kappa shape index (κ3) is 1.79. The average molecular weight is 305 g/mol. The molecule has 0 unspecified atom stereocenters. The van der Waals surface area contributed by atoms with Gasteiger partial charge < -0.3 is 10.2 Å². The third-order valence-corrected chi connectivity index (χ3v) is 6.32. The predicted octanol–water partition coefficient (Wildman–Crippen LogP) is 4.87. The normalized spacial score (nSPS) is 12.5. The van der Waals surface area contributed by atoms with Gasteiger partial charge in [-0.25, -0.2) is 0 Å². The monoisotopic (exact) mass is 305 g/mol. The van der Waals surface area contributed by atoms with Crippen LogP contribution in [-0.4, -0.2) is 8.07 Å². The molecule has 4 rings (SSSR count). The van der Waals surface area contributed by atoms with Gasteiger partial charge in [-0.3, -0.25) is 0 Å². The van der Waals surface area contributed by atoms with Gasteiger partial charge in [-0.05, 0) is 22.0 Å². The average Bonchev–Trinajstić information content (AvgIpc) is 2.86. The molecule has 22 heavy (non-hydrogen) atoms. The summed E-state index contributed by atoms with van der Waals surface area (Å²) < 4.78 is 6.26. The van der Waals surface area contributed by atoms with Gasteiger partial charge in [0.25, 0.3) is 0 Å². The highest BCUT2D eigenvalue weighted by Gasteiger charge is 2.24. The van der Waals surface area contributed by atoms with E-state index >= 15 is 0 Å². The zero-order valence-electron chi connectivity index (χ0n) is 13.1. The van der Waals surface area contributed by atoms with Crippen LogP contribution in [-0.2, 0) is 0 Å². The van der Waals surface area contributed by atoms with E-state index in [1.54, 1.807) is 0 Å².